The van der Waals surface area contributed by atoms with Crippen molar-refractivity contribution < 1.29 is 0 Å². The molecule has 0 aromatic carbocycles. The molecular weight excluding hydrogens is 368 g/mol. The number of H-pyrrole nitrogens is 1. The van der Waals surface area contributed by atoms with Crippen molar-refractivity contribution in [3.05, 3.63) is 73.3 Å². The summed E-state index contributed by atoms with van der Waals surface area (Å²) >= 11 is 3.58. The molecule has 0 amide bonds. The standard InChI is InChI=1S/C23H24N2S2/c1-23(2,3)22-24-20(18-6-4-14-12-26-10-8-16(14)18)21(25-22)19-7-5-15-13-27-11-9-17(15)19/h8-13H,4-7H2,1-3H3,(H,24,25). The van der Waals surface area contributed by atoms with E-state index in [2.05, 4.69) is 59.5 Å². The van der Waals surface area contributed by atoms with E-state index < -0.39 is 0 Å². The van der Waals surface area contributed by atoms with Gasteiger partial charge >= 0.3 is 0 Å². The molecule has 3 heterocycles. The van der Waals surface area contributed by atoms with Crippen LogP contribution in [0.25, 0.3) is 11.1 Å². The van der Waals surface area contributed by atoms with E-state index in [4.69, 9.17) is 4.98 Å². The Morgan fingerprint density at radius 1 is 0.852 bits per heavy atom. The Kier molecular flexibility index (Phi) is 4.17. The van der Waals surface area contributed by atoms with E-state index in [-0.39, 0.29) is 5.41 Å². The van der Waals surface area contributed by atoms with Gasteiger partial charge in [-0.3, -0.25) is 0 Å². The summed E-state index contributed by atoms with van der Waals surface area (Å²) < 4.78 is 0. The molecule has 0 spiro atoms. The Hall–Kier alpha value is -1.65. The van der Waals surface area contributed by atoms with Crippen LogP contribution < -0.4 is 0 Å². The molecule has 0 bridgehead atoms. The van der Waals surface area contributed by atoms with Crippen molar-refractivity contribution in [3.8, 4) is 0 Å². The summed E-state index contributed by atoms with van der Waals surface area (Å²) in [7, 11) is 0. The van der Waals surface area contributed by atoms with E-state index in [1.54, 1.807) is 23.5 Å². The number of fused-ring (bicyclic) bond motifs is 2. The zero-order valence-electron chi connectivity index (χ0n) is 16.1. The van der Waals surface area contributed by atoms with Gasteiger partial charge in [-0.15, -0.1) is 23.5 Å². The van der Waals surface area contributed by atoms with Crippen molar-refractivity contribution in [2.24, 2.45) is 0 Å². The number of thioether (sulfide) groups is 2. The summed E-state index contributed by atoms with van der Waals surface area (Å²) in [6.07, 6.45) is 9.03. The molecule has 2 aliphatic heterocycles. The van der Waals surface area contributed by atoms with E-state index in [1.807, 2.05) is 0 Å². The monoisotopic (exact) mass is 392 g/mol. The lowest BCUT2D eigenvalue weighted by Gasteiger charge is -2.14. The maximum absolute atomic E-state index is 5.17. The SMILES string of the molecule is CC(C)(C)c1nc(C2=C3C=CSC=C3CC2)c(C2=C3C=CSC=C3CC2)[nH]1. The molecule has 1 aromatic rings. The number of allylic oxidation sites excluding steroid dienone is 8. The molecule has 2 aliphatic carbocycles. The van der Waals surface area contributed by atoms with Gasteiger partial charge < -0.3 is 4.98 Å². The highest BCUT2D eigenvalue weighted by Crippen LogP contribution is 2.47. The van der Waals surface area contributed by atoms with E-state index in [0.29, 0.717) is 0 Å². The fourth-order valence-corrected chi connectivity index (χ4v) is 5.64. The number of aromatic amines is 1. The fourth-order valence-electron chi connectivity index (χ4n) is 4.23. The second kappa shape index (κ2) is 6.46. The van der Waals surface area contributed by atoms with Crippen LogP contribution in [0.1, 0.15) is 63.7 Å². The Morgan fingerprint density at radius 2 is 1.44 bits per heavy atom. The number of rotatable bonds is 2. The lowest BCUT2D eigenvalue weighted by Crippen LogP contribution is -2.13. The first-order valence-corrected chi connectivity index (χ1v) is 11.5. The Bertz CT molecular complexity index is 930. The summed E-state index contributed by atoms with van der Waals surface area (Å²) in [5, 5.41) is 9.01. The summed E-state index contributed by atoms with van der Waals surface area (Å²) in [6, 6.07) is 0. The molecule has 138 valence electrons. The molecule has 1 N–H and O–H groups in total. The van der Waals surface area contributed by atoms with Crippen molar-refractivity contribution >= 4 is 34.7 Å². The van der Waals surface area contributed by atoms with Crippen LogP contribution in [0.2, 0.25) is 0 Å². The highest BCUT2D eigenvalue weighted by atomic mass is 32.2. The first kappa shape index (κ1) is 17.4. The van der Waals surface area contributed by atoms with Gasteiger partial charge in [0.05, 0.1) is 11.4 Å². The molecule has 0 atom stereocenters. The van der Waals surface area contributed by atoms with Crippen molar-refractivity contribution in [1.29, 1.82) is 0 Å². The molecule has 0 fully saturated rings. The maximum atomic E-state index is 5.17. The summed E-state index contributed by atoms with van der Waals surface area (Å²) in [5.41, 5.74) is 11.1. The van der Waals surface area contributed by atoms with E-state index in [0.717, 1.165) is 31.5 Å². The van der Waals surface area contributed by atoms with Gasteiger partial charge in [0.15, 0.2) is 0 Å². The smallest absolute Gasteiger partial charge is 0.112 e. The molecule has 0 saturated heterocycles. The van der Waals surface area contributed by atoms with Crippen LogP contribution in [0.3, 0.4) is 0 Å². The minimum Gasteiger partial charge on any atom is -0.341 e. The number of nitrogens with zero attached hydrogens (tertiary/aromatic N) is 1. The van der Waals surface area contributed by atoms with Crippen LogP contribution in [0.5, 0.6) is 0 Å². The molecule has 27 heavy (non-hydrogen) atoms. The molecule has 1 aromatic heterocycles. The number of hydrogen-bond acceptors (Lipinski definition) is 3. The second-order valence-corrected chi connectivity index (χ2v) is 10.1. The molecule has 4 aliphatic rings. The highest BCUT2D eigenvalue weighted by molar-refractivity contribution is 8.05. The number of imidazole rings is 1. The third-order valence-corrected chi connectivity index (χ3v) is 7.11. The maximum Gasteiger partial charge on any atom is 0.112 e. The topological polar surface area (TPSA) is 28.7 Å². The normalized spacial score (nSPS) is 21.6. The first-order valence-electron chi connectivity index (χ1n) is 9.63. The van der Waals surface area contributed by atoms with Gasteiger partial charge in [0.25, 0.3) is 0 Å². The van der Waals surface area contributed by atoms with Crippen LogP contribution in [-0.2, 0) is 5.41 Å². The number of nitrogens with one attached hydrogen (secondary N) is 1. The van der Waals surface area contributed by atoms with Gasteiger partial charge in [0.1, 0.15) is 5.82 Å². The van der Waals surface area contributed by atoms with E-state index >= 15 is 0 Å². The first-order chi connectivity index (χ1) is 13.0. The van der Waals surface area contributed by atoms with Gasteiger partial charge in [0, 0.05) is 5.41 Å². The van der Waals surface area contributed by atoms with Gasteiger partial charge in [-0.2, -0.15) is 0 Å². The second-order valence-electron chi connectivity index (χ2n) is 8.51. The van der Waals surface area contributed by atoms with Crippen LogP contribution in [-0.4, -0.2) is 9.97 Å². The average molecular weight is 393 g/mol. The number of aromatic nitrogens is 2. The van der Waals surface area contributed by atoms with Crippen LogP contribution >= 0.6 is 23.5 Å². The van der Waals surface area contributed by atoms with Crippen molar-refractivity contribution in [3.63, 3.8) is 0 Å². The van der Waals surface area contributed by atoms with Gasteiger partial charge in [-0.05, 0) is 92.9 Å². The highest BCUT2D eigenvalue weighted by Gasteiger charge is 2.31. The predicted octanol–water partition coefficient (Wildman–Crippen LogP) is 7.09. The van der Waals surface area contributed by atoms with Crippen molar-refractivity contribution in [1.82, 2.24) is 9.97 Å². The van der Waals surface area contributed by atoms with Crippen LogP contribution in [0.15, 0.2) is 56.1 Å². The summed E-state index contributed by atoms with van der Waals surface area (Å²) in [5.74, 6) is 1.09. The van der Waals surface area contributed by atoms with Crippen LogP contribution in [0, 0.1) is 0 Å². The zero-order valence-corrected chi connectivity index (χ0v) is 17.7. The van der Waals surface area contributed by atoms with Crippen molar-refractivity contribution in [2.75, 3.05) is 0 Å². The molecule has 5 rings (SSSR count). The number of hydrogen-bond donors (Lipinski definition) is 1. The molecule has 0 unspecified atom stereocenters. The van der Waals surface area contributed by atoms with Crippen molar-refractivity contribution in [2.45, 2.75) is 51.9 Å². The molecule has 0 radical (unpaired) electrons. The van der Waals surface area contributed by atoms with Gasteiger partial charge in [-0.25, -0.2) is 4.98 Å². The minimum absolute atomic E-state index is 0.00844. The lowest BCUT2D eigenvalue weighted by atomic mass is 9.96. The largest absolute Gasteiger partial charge is 0.341 e. The quantitative estimate of drug-likeness (QED) is 0.582. The average Bonchev–Trinajstić information content (AvgIpc) is 3.36. The summed E-state index contributed by atoms with van der Waals surface area (Å²) in [4.78, 5) is 8.92. The van der Waals surface area contributed by atoms with Gasteiger partial charge in [-0.1, -0.05) is 20.8 Å². The molecule has 0 saturated carbocycles. The minimum atomic E-state index is 0.00844. The Balaban J connectivity index is 1.72. The van der Waals surface area contributed by atoms with E-state index in [1.165, 1.54) is 44.8 Å². The van der Waals surface area contributed by atoms with Gasteiger partial charge in [0.2, 0.25) is 0 Å². The molecule has 2 nitrogen and oxygen atoms in total. The van der Waals surface area contributed by atoms with E-state index in [9.17, 15) is 0 Å². The lowest BCUT2D eigenvalue weighted by molar-refractivity contribution is 0.552. The predicted molar refractivity (Wildman–Crippen MR) is 119 cm³/mol. The Labute approximate surface area is 169 Å². The molecular formula is C23H24N2S2. The zero-order chi connectivity index (χ0) is 18.6. The Morgan fingerprint density at radius 3 is 2.07 bits per heavy atom. The molecule has 4 heteroatoms. The summed E-state index contributed by atoms with van der Waals surface area (Å²) in [6.45, 7) is 6.72. The van der Waals surface area contributed by atoms with Crippen LogP contribution in [0.4, 0.5) is 0 Å². The third-order valence-electron chi connectivity index (χ3n) is 5.68. The third kappa shape index (κ3) is 2.94. The fraction of sp³-hybridized carbons (Fsp3) is 0.348.